The summed E-state index contributed by atoms with van der Waals surface area (Å²) < 4.78 is 0. The molecular formula is C26H32O4. The highest BCUT2D eigenvalue weighted by atomic mass is 16.3. The van der Waals surface area contributed by atoms with E-state index >= 15 is 0 Å². The van der Waals surface area contributed by atoms with Crippen LogP contribution in [0.3, 0.4) is 0 Å². The Kier molecular flexibility index (Phi) is 8.75. The zero-order valence-corrected chi connectivity index (χ0v) is 17.6. The van der Waals surface area contributed by atoms with Crippen LogP contribution in [0.2, 0.25) is 0 Å². The summed E-state index contributed by atoms with van der Waals surface area (Å²) in [6, 6.07) is 28.6. The molecule has 1 atom stereocenters. The van der Waals surface area contributed by atoms with Crippen LogP contribution in [0, 0.1) is 5.41 Å². The summed E-state index contributed by atoms with van der Waals surface area (Å²) in [7, 11) is 0. The molecule has 4 N–H and O–H groups in total. The first-order chi connectivity index (χ1) is 14.4. The molecule has 30 heavy (non-hydrogen) atoms. The van der Waals surface area contributed by atoms with Crippen molar-refractivity contribution in [2.75, 3.05) is 19.8 Å². The third-order valence-corrected chi connectivity index (χ3v) is 5.46. The van der Waals surface area contributed by atoms with E-state index in [1.807, 2.05) is 105 Å². The van der Waals surface area contributed by atoms with Crippen molar-refractivity contribution >= 4 is 0 Å². The maximum absolute atomic E-state index is 9.89. The van der Waals surface area contributed by atoms with Crippen LogP contribution >= 0.6 is 0 Å². The molecule has 0 aromatic heterocycles. The second-order valence-corrected chi connectivity index (χ2v) is 8.09. The first kappa shape index (κ1) is 23.8. The number of hydrogen-bond donors (Lipinski definition) is 4. The van der Waals surface area contributed by atoms with Gasteiger partial charge in [0.25, 0.3) is 0 Å². The van der Waals surface area contributed by atoms with Gasteiger partial charge < -0.3 is 20.4 Å². The molecule has 0 aliphatic rings. The van der Waals surface area contributed by atoms with Crippen LogP contribution in [0.25, 0.3) is 0 Å². The van der Waals surface area contributed by atoms with Gasteiger partial charge in [0, 0.05) is 5.41 Å². The molecule has 3 aromatic carbocycles. The Morgan fingerprint density at radius 2 is 0.967 bits per heavy atom. The monoisotopic (exact) mass is 408 g/mol. The molecule has 0 radical (unpaired) electrons. The van der Waals surface area contributed by atoms with Crippen molar-refractivity contribution in [1.29, 1.82) is 0 Å². The Bertz CT molecular complexity index is 802. The van der Waals surface area contributed by atoms with Crippen LogP contribution in [-0.4, -0.2) is 40.2 Å². The van der Waals surface area contributed by atoms with Crippen molar-refractivity contribution < 1.29 is 20.4 Å². The lowest BCUT2D eigenvalue weighted by atomic mass is 9.76. The SMILES string of the molecule is CC(C)(CO)C(O)c1ccccc1.OCC(CO)(c1ccccc1)c1ccccc1. The van der Waals surface area contributed by atoms with Crippen molar-refractivity contribution in [2.45, 2.75) is 25.4 Å². The molecule has 4 nitrogen and oxygen atoms in total. The van der Waals surface area contributed by atoms with Gasteiger partial charge in [-0.15, -0.1) is 0 Å². The lowest BCUT2D eigenvalue weighted by molar-refractivity contribution is 0.00638. The van der Waals surface area contributed by atoms with Crippen LogP contribution in [-0.2, 0) is 5.41 Å². The molecule has 160 valence electrons. The van der Waals surface area contributed by atoms with Crippen LogP contribution in [0.4, 0.5) is 0 Å². The van der Waals surface area contributed by atoms with Gasteiger partial charge >= 0.3 is 0 Å². The van der Waals surface area contributed by atoms with E-state index < -0.39 is 16.9 Å². The van der Waals surface area contributed by atoms with Gasteiger partial charge in [0.05, 0.1) is 31.3 Å². The minimum absolute atomic E-state index is 0.0247. The molecule has 1 unspecified atom stereocenters. The maximum Gasteiger partial charge on any atom is 0.0862 e. The number of hydrogen-bond acceptors (Lipinski definition) is 4. The summed E-state index contributed by atoms with van der Waals surface area (Å²) in [4.78, 5) is 0. The molecule has 0 fully saturated rings. The van der Waals surface area contributed by atoms with Crippen molar-refractivity contribution in [2.24, 2.45) is 5.41 Å². The molecule has 0 saturated carbocycles. The second kappa shape index (κ2) is 11.0. The number of rotatable bonds is 7. The fourth-order valence-corrected chi connectivity index (χ4v) is 3.27. The zero-order valence-electron chi connectivity index (χ0n) is 17.6. The second-order valence-electron chi connectivity index (χ2n) is 8.09. The fourth-order valence-electron chi connectivity index (χ4n) is 3.27. The van der Waals surface area contributed by atoms with Gasteiger partial charge in [-0.1, -0.05) is 105 Å². The molecule has 0 aliphatic heterocycles. The zero-order chi connectivity index (χ0) is 22.0. The van der Waals surface area contributed by atoms with E-state index in [1.54, 1.807) is 0 Å². The lowest BCUT2D eigenvalue weighted by Gasteiger charge is -2.31. The maximum atomic E-state index is 9.89. The van der Waals surface area contributed by atoms with Crippen molar-refractivity contribution in [3.05, 3.63) is 108 Å². The van der Waals surface area contributed by atoms with E-state index in [2.05, 4.69) is 0 Å². The number of aliphatic hydroxyl groups excluding tert-OH is 4. The summed E-state index contributed by atoms with van der Waals surface area (Å²) in [5, 5.41) is 38.4. The molecule has 0 aliphatic carbocycles. The highest BCUT2D eigenvalue weighted by molar-refractivity contribution is 5.39. The first-order valence-corrected chi connectivity index (χ1v) is 10.1. The predicted octanol–water partition coefficient (Wildman–Crippen LogP) is 3.70. The van der Waals surface area contributed by atoms with Gasteiger partial charge in [0.1, 0.15) is 0 Å². The Hall–Kier alpha value is -2.50. The third-order valence-electron chi connectivity index (χ3n) is 5.46. The van der Waals surface area contributed by atoms with Crippen molar-refractivity contribution in [3.8, 4) is 0 Å². The summed E-state index contributed by atoms with van der Waals surface area (Å²) >= 11 is 0. The van der Waals surface area contributed by atoms with E-state index in [1.165, 1.54) is 0 Å². The molecular weight excluding hydrogens is 376 g/mol. The summed E-state index contributed by atoms with van der Waals surface area (Å²) in [6.07, 6.45) is -0.612. The minimum atomic E-state index is -0.720. The molecule has 0 bridgehead atoms. The quantitative estimate of drug-likeness (QED) is 0.481. The predicted molar refractivity (Wildman–Crippen MR) is 120 cm³/mol. The van der Waals surface area contributed by atoms with Gasteiger partial charge in [-0.3, -0.25) is 0 Å². The van der Waals surface area contributed by atoms with E-state index in [4.69, 9.17) is 5.11 Å². The van der Waals surface area contributed by atoms with Crippen molar-refractivity contribution in [1.82, 2.24) is 0 Å². The summed E-state index contributed by atoms with van der Waals surface area (Å²) in [6.45, 7) is 3.42. The fraction of sp³-hybridized carbons (Fsp3) is 0.308. The van der Waals surface area contributed by atoms with Crippen LogP contribution in [0.1, 0.15) is 36.6 Å². The largest absolute Gasteiger partial charge is 0.396 e. The smallest absolute Gasteiger partial charge is 0.0862 e. The molecule has 0 amide bonds. The normalized spacial score (nSPS) is 12.6. The number of benzene rings is 3. The average Bonchev–Trinajstić information content (AvgIpc) is 2.82. The standard InChI is InChI=1S/C15H16O2.C11H16O2/c16-11-15(12-17,13-7-3-1-4-8-13)14-9-5-2-6-10-14;1-11(2,8-12)10(13)9-6-4-3-5-7-9/h1-10,16-17H,11-12H2;3-7,10,12-13H,8H2,1-2H3. The molecule has 0 heterocycles. The van der Waals surface area contributed by atoms with Crippen LogP contribution < -0.4 is 0 Å². The Morgan fingerprint density at radius 3 is 1.30 bits per heavy atom. The third kappa shape index (κ3) is 5.55. The Balaban J connectivity index is 0.000000222. The van der Waals surface area contributed by atoms with Crippen LogP contribution in [0.5, 0.6) is 0 Å². The van der Waals surface area contributed by atoms with E-state index in [-0.39, 0.29) is 19.8 Å². The molecule has 3 rings (SSSR count). The minimum Gasteiger partial charge on any atom is -0.396 e. The summed E-state index contributed by atoms with van der Waals surface area (Å²) in [5.74, 6) is 0. The van der Waals surface area contributed by atoms with Gasteiger partial charge in [0.2, 0.25) is 0 Å². The van der Waals surface area contributed by atoms with E-state index in [0.717, 1.165) is 16.7 Å². The molecule has 4 heteroatoms. The average molecular weight is 409 g/mol. The molecule has 3 aromatic rings. The topological polar surface area (TPSA) is 80.9 Å². The molecule has 0 saturated heterocycles. The Labute approximate surface area is 179 Å². The van der Waals surface area contributed by atoms with Crippen molar-refractivity contribution in [3.63, 3.8) is 0 Å². The van der Waals surface area contributed by atoms with Gasteiger partial charge in [0.15, 0.2) is 0 Å². The van der Waals surface area contributed by atoms with Crippen LogP contribution in [0.15, 0.2) is 91.0 Å². The van der Waals surface area contributed by atoms with Gasteiger partial charge in [-0.05, 0) is 16.7 Å². The van der Waals surface area contributed by atoms with Gasteiger partial charge in [-0.2, -0.15) is 0 Å². The van der Waals surface area contributed by atoms with Gasteiger partial charge in [-0.25, -0.2) is 0 Å². The molecule has 0 spiro atoms. The number of aliphatic hydroxyl groups is 4. The van der Waals surface area contributed by atoms with E-state index in [9.17, 15) is 15.3 Å². The Morgan fingerprint density at radius 1 is 0.600 bits per heavy atom. The first-order valence-electron chi connectivity index (χ1n) is 10.1. The lowest BCUT2D eigenvalue weighted by Crippen LogP contribution is -2.36. The van der Waals surface area contributed by atoms with E-state index in [0.29, 0.717) is 0 Å². The highest BCUT2D eigenvalue weighted by Crippen LogP contribution is 2.32. The highest BCUT2D eigenvalue weighted by Gasteiger charge is 2.32. The summed E-state index contributed by atoms with van der Waals surface area (Å²) in [5.41, 5.74) is 1.50.